The van der Waals surface area contributed by atoms with E-state index in [0.29, 0.717) is 23.1 Å². The Hall–Kier alpha value is -3.86. The third-order valence-electron chi connectivity index (χ3n) is 6.50. The zero-order chi connectivity index (χ0) is 29.0. The summed E-state index contributed by atoms with van der Waals surface area (Å²) >= 11 is 0. The molecule has 0 saturated heterocycles. The summed E-state index contributed by atoms with van der Waals surface area (Å²) in [5.41, 5.74) is 7.69. The third kappa shape index (κ3) is 9.90. The molecular formula is C37H32N2O2Y+. The first-order valence-electron chi connectivity index (χ1n) is 13.6. The number of benzene rings is 5. The number of carbonyl (C=O) groups excluding carboxylic acids is 2. The third-order valence-corrected chi connectivity index (χ3v) is 6.50. The smallest absolute Gasteiger partial charge is 0.295 e. The molecule has 0 radical (unpaired) electrons. The minimum absolute atomic E-state index is 0. The van der Waals surface area contributed by atoms with Crippen LogP contribution in [0.25, 0.3) is 0 Å². The quantitative estimate of drug-likeness (QED) is 0.0981. The Balaban J connectivity index is 0.000000466. The van der Waals surface area contributed by atoms with E-state index in [9.17, 15) is 9.59 Å². The molecule has 0 aliphatic carbocycles. The molecule has 0 saturated carbocycles. The van der Waals surface area contributed by atoms with Crippen LogP contribution in [0.4, 0.5) is 11.4 Å². The summed E-state index contributed by atoms with van der Waals surface area (Å²) in [5.74, 6) is -0.181. The van der Waals surface area contributed by atoms with Crippen LogP contribution in [0.2, 0.25) is 0 Å². The normalized spacial score (nSPS) is 10.4. The monoisotopic (exact) mass is 625 g/mol. The molecule has 5 rings (SSSR count). The first-order chi connectivity index (χ1) is 19.9. The summed E-state index contributed by atoms with van der Waals surface area (Å²) in [5, 5.41) is 8.57. The Morgan fingerprint density at radius 2 is 1.14 bits per heavy atom. The van der Waals surface area contributed by atoms with Gasteiger partial charge >= 0.3 is 32.7 Å². The molecule has 0 amide bonds. The van der Waals surface area contributed by atoms with Gasteiger partial charge in [-0.1, -0.05) is 48.7 Å². The molecule has 0 aliphatic rings. The number of hydrogen-bond donors (Lipinski definition) is 0. The van der Waals surface area contributed by atoms with Crippen molar-refractivity contribution in [3.05, 3.63) is 166 Å². The van der Waals surface area contributed by atoms with Crippen molar-refractivity contribution < 1.29 is 42.3 Å². The number of nitrogens with zero attached hydrogens (tertiary/aromatic N) is 2. The van der Waals surface area contributed by atoms with Crippen molar-refractivity contribution in [2.45, 2.75) is 33.6 Å². The number of carbonyl (C=O) groups is 2. The fraction of sp³-hybridized carbons (Fsp3) is 0.135. The summed E-state index contributed by atoms with van der Waals surface area (Å²) < 4.78 is 0. The largest absolute Gasteiger partial charge is 3.00 e. The molecule has 0 aromatic heterocycles. The van der Waals surface area contributed by atoms with Gasteiger partial charge in [-0.05, 0) is 73.9 Å². The number of azo groups is 1. The number of ketones is 2. The van der Waals surface area contributed by atoms with Crippen molar-refractivity contribution in [1.82, 2.24) is 0 Å². The zero-order valence-electron chi connectivity index (χ0n) is 24.2. The Morgan fingerprint density at radius 3 is 1.67 bits per heavy atom. The maximum Gasteiger partial charge on any atom is 3.00 e. The fourth-order valence-electron chi connectivity index (χ4n) is 4.13. The fourth-order valence-corrected chi connectivity index (χ4v) is 4.13. The van der Waals surface area contributed by atoms with Crippen molar-refractivity contribution in [3.8, 4) is 0 Å². The topological polar surface area (TPSA) is 58.9 Å². The molecule has 0 unspecified atom stereocenters. The zero-order valence-corrected chi connectivity index (χ0v) is 27.0. The van der Waals surface area contributed by atoms with Crippen LogP contribution in [0.1, 0.15) is 62.4 Å². The van der Waals surface area contributed by atoms with Crippen LogP contribution >= 0.6 is 0 Å². The summed E-state index contributed by atoms with van der Waals surface area (Å²) in [6.07, 6.45) is 1.72. The summed E-state index contributed by atoms with van der Waals surface area (Å²) in [6.45, 7) is 5.69. The molecule has 4 nitrogen and oxygen atoms in total. The minimum atomic E-state index is -0.111. The minimum Gasteiger partial charge on any atom is -0.295 e. The van der Waals surface area contributed by atoms with Gasteiger partial charge in [-0.3, -0.25) is 9.59 Å². The van der Waals surface area contributed by atoms with Crippen LogP contribution in [0.5, 0.6) is 0 Å². The van der Waals surface area contributed by atoms with Crippen molar-refractivity contribution >= 4 is 22.9 Å². The Morgan fingerprint density at radius 1 is 0.619 bits per heavy atom. The van der Waals surface area contributed by atoms with E-state index >= 15 is 0 Å². The van der Waals surface area contributed by atoms with Crippen LogP contribution < -0.4 is 0 Å². The second-order valence-corrected chi connectivity index (χ2v) is 9.73. The van der Waals surface area contributed by atoms with E-state index in [-0.39, 0.29) is 44.3 Å². The van der Waals surface area contributed by atoms with Gasteiger partial charge in [0.05, 0.1) is 11.4 Å². The molecule has 5 aromatic carbocycles. The van der Waals surface area contributed by atoms with Gasteiger partial charge in [0.1, 0.15) is 0 Å². The average molecular weight is 626 g/mol. The van der Waals surface area contributed by atoms with E-state index in [1.807, 2.05) is 79.7 Å². The van der Waals surface area contributed by atoms with E-state index < -0.39 is 0 Å². The standard InChI is InChI=1S/C29H23N2O2.C8H9.Y/c1-20-8-12-27(13-9-20)30-31-28-14-10-22(11-15-28)16-23-17-25(21(2)32)19-26(18-23)29(33)24-6-4-3-5-7-24;1-2-8-6-4-3-5-7-8;/h4-15,17-19H,16H2,1-2H3;4-7H,2H2,1H3;/q2*-1;+3. The molecule has 0 spiro atoms. The van der Waals surface area contributed by atoms with Gasteiger partial charge in [-0.25, -0.2) is 0 Å². The van der Waals surface area contributed by atoms with E-state index in [2.05, 4.69) is 41.4 Å². The van der Waals surface area contributed by atoms with E-state index in [0.717, 1.165) is 28.9 Å². The Kier molecular flexibility index (Phi) is 12.9. The van der Waals surface area contributed by atoms with Crippen LogP contribution in [0.15, 0.2) is 125 Å². The Bertz CT molecular complexity index is 1610. The number of aryl methyl sites for hydroxylation is 2. The summed E-state index contributed by atoms with van der Waals surface area (Å²) in [7, 11) is 0. The Labute approximate surface area is 273 Å². The second-order valence-electron chi connectivity index (χ2n) is 9.73. The van der Waals surface area contributed by atoms with Crippen LogP contribution in [0, 0.1) is 19.1 Å². The molecule has 0 bridgehead atoms. The molecule has 0 heterocycles. The van der Waals surface area contributed by atoms with Crippen LogP contribution in [-0.4, -0.2) is 11.6 Å². The van der Waals surface area contributed by atoms with Crippen LogP contribution in [0.3, 0.4) is 0 Å². The second kappa shape index (κ2) is 16.6. The van der Waals surface area contributed by atoms with E-state index in [1.54, 1.807) is 30.3 Å². The molecule has 0 aliphatic heterocycles. The van der Waals surface area contributed by atoms with E-state index in [1.165, 1.54) is 18.1 Å². The maximum absolute atomic E-state index is 12.9. The van der Waals surface area contributed by atoms with Gasteiger partial charge in [0.25, 0.3) is 0 Å². The van der Waals surface area contributed by atoms with Gasteiger partial charge < -0.3 is 0 Å². The maximum atomic E-state index is 12.9. The molecular weight excluding hydrogens is 593 g/mol. The summed E-state index contributed by atoms with van der Waals surface area (Å²) in [4.78, 5) is 25.0. The van der Waals surface area contributed by atoms with Gasteiger partial charge in [0.15, 0.2) is 11.6 Å². The molecule has 42 heavy (non-hydrogen) atoms. The first-order valence-corrected chi connectivity index (χ1v) is 13.6. The molecule has 5 heteroatoms. The van der Waals surface area contributed by atoms with Crippen molar-refractivity contribution in [2.75, 3.05) is 0 Å². The molecule has 0 N–H and O–H groups in total. The average Bonchev–Trinajstić information content (AvgIpc) is 3.02. The van der Waals surface area contributed by atoms with Crippen molar-refractivity contribution in [3.63, 3.8) is 0 Å². The summed E-state index contributed by atoms with van der Waals surface area (Å²) in [6, 6.07) is 41.8. The van der Waals surface area contributed by atoms with Crippen LogP contribution in [-0.2, 0) is 45.6 Å². The van der Waals surface area contributed by atoms with Crippen molar-refractivity contribution in [2.24, 2.45) is 10.2 Å². The first kappa shape index (κ1) is 32.7. The molecule has 0 atom stereocenters. The molecule has 204 valence electrons. The van der Waals surface area contributed by atoms with E-state index in [4.69, 9.17) is 0 Å². The number of Topliss-reactive ketones (excluding diaryl/α,β-unsaturated/α-hetero) is 1. The van der Waals surface area contributed by atoms with Gasteiger partial charge in [-0.2, -0.15) is 76.5 Å². The predicted molar refractivity (Wildman–Crippen MR) is 164 cm³/mol. The van der Waals surface area contributed by atoms with Gasteiger partial charge in [0, 0.05) is 11.1 Å². The van der Waals surface area contributed by atoms with Gasteiger partial charge in [0.2, 0.25) is 0 Å². The number of rotatable bonds is 8. The molecule has 0 fully saturated rings. The SMILES string of the molecule is CC(=O)c1cc(Cc2ccc(N=Nc3ccc(C)cc3)cc2)cc(C(=O)c2cc[c-]cc2)c1.CCc1cc[c-]cc1.[Y+3]. The number of hydrogen-bond acceptors (Lipinski definition) is 4. The van der Waals surface area contributed by atoms with Gasteiger partial charge in [-0.15, -0.1) is 0 Å². The van der Waals surface area contributed by atoms with Crippen molar-refractivity contribution in [1.29, 1.82) is 0 Å². The molecule has 5 aromatic rings. The predicted octanol–water partition coefficient (Wildman–Crippen LogP) is 9.28.